The van der Waals surface area contributed by atoms with Gasteiger partial charge in [-0.05, 0) is 17.7 Å². The van der Waals surface area contributed by atoms with Gasteiger partial charge in [-0.1, -0.05) is 52.3 Å². The van der Waals surface area contributed by atoms with Crippen molar-refractivity contribution in [3.8, 4) is 5.75 Å². The zero-order chi connectivity index (χ0) is 17.9. The Balaban J connectivity index is 2.52. The van der Waals surface area contributed by atoms with Crippen molar-refractivity contribution < 1.29 is 25.2 Å². The molecule has 0 saturated heterocycles. The molecule has 24 heavy (non-hydrogen) atoms. The van der Waals surface area contributed by atoms with Crippen LogP contribution in [0.1, 0.15) is 27.4 Å². The molecule has 0 heterocycles. The predicted molar refractivity (Wildman–Crippen MR) is 91.1 cm³/mol. The molecule has 6 nitrogen and oxygen atoms in total. The third kappa shape index (κ3) is 4.21. The van der Waals surface area contributed by atoms with Crippen LogP contribution in [0.3, 0.4) is 0 Å². The highest BCUT2D eigenvalue weighted by Gasteiger charge is 2.26. The van der Waals surface area contributed by atoms with Crippen LogP contribution < -0.4 is 5.32 Å². The second kappa shape index (κ2) is 7.14. The minimum atomic E-state index is -3.39. The minimum absolute atomic E-state index is 0.233. The van der Waals surface area contributed by atoms with Gasteiger partial charge in [-0.15, -0.1) is 6.58 Å². The van der Waals surface area contributed by atoms with Gasteiger partial charge in [0, 0.05) is 16.0 Å². The van der Waals surface area contributed by atoms with E-state index in [-0.39, 0.29) is 11.3 Å². The topological polar surface area (TPSA) is 110 Å². The lowest BCUT2D eigenvalue weighted by atomic mass is 9.89. The molecular formula is C17H16BrNO5. The number of phenolic OH excluding ortho intramolecular Hbond substituents is 1. The lowest BCUT2D eigenvalue weighted by Crippen LogP contribution is -2.48. The Morgan fingerprint density at radius 1 is 1.21 bits per heavy atom. The molecule has 0 aliphatic carbocycles. The fraction of sp³-hybridized carbons (Fsp3) is 0.118. The predicted octanol–water partition coefficient (Wildman–Crippen LogP) is 1.79. The fourth-order valence-corrected chi connectivity index (χ4v) is 2.83. The van der Waals surface area contributed by atoms with Gasteiger partial charge >= 0.3 is 6.10 Å². The number of benzene rings is 2. The van der Waals surface area contributed by atoms with Gasteiger partial charge in [-0.2, -0.15) is 0 Å². The maximum absolute atomic E-state index is 12.0. The zero-order valence-corrected chi connectivity index (χ0v) is 14.1. The Morgan fingerprint density at radius 3 is 2.38 bits per heavy atom. The van der Waals surface area contributed by atoms with Gasteiger partial charge in [0.05, 0.1) is 5.56 Å². The largest absolute Gasteiger partial charge is 0.507 e. The van der Waals surface area contributed by atoms with E-state index in [2.05, 4.69) is 22.5 Å². The summed E-state index contributed by atoms with van der Waals surface area (Å²) >= 11 is 3.25. The summed E-state index contributed by atoms with van der Waals surface area (Å²) in [5.41, 5.74) is 1.02. The van der Waals surface area contributed by atoms with E-state index in [0.29, 0.717) is 10.0 Å². The van der Waals surface area contributed by atoms with Gasteiger partial charge in [-0.25, -0.2) is 0 Å². The molecule has 0 aromatic heterocycles. The fourth-order valence-electron chi connectivity index (χ4n) is 2.35. The Hall–Kier alpha value is -2.19. The lowest BCUT2D eigenvalue weighted by molar-refractivity contribution is -0.323. The number of carbonyl (C=O) groups is 1. The van der Waals surface area contributed by atoms with Gasteiger partial charge < -0.3 is 20.4 Å². The van der Waals surface area contributed by atoms with E-state index in [0.717, 1.165) is 5.56 Å². The number of aliphatic hydroxyl groups is 3. The van der Waals surface area contributed by atoms with Crippen LogP contribution in [0, 0.1) is 0 Å². The van der Waals surface area contributed by atoms with Crippen LogP contribution in [0.5, 0.6) is 5.75 Å². The summed E-state index contributed by atoms with van der Waals surface area (Å²) in [5.74, 6) is -1.80. The molecule has 2 aromatic rings. The van der Waals surface area contributed by atoms with E-state index in [1.165, 1.54) is 6.07 Å². The van der Waals surface area contributed by atoms with Gasteiger partial charge in [0.15, 0.2) is 0 Å². The Kier molecular flexibility index (Phi) is 5.40. The first-order valence-corrected chi connectivity index (χ1v) is 7.71. The van der Waals surface area contributed by atoms with Crippen LogP contribution in [0.15, 0.2) is 59.6 Å². The van der Waals surface area contributed by atoms with E-state index in [1.807, 2.05) is 30.3 Å². The number of halogens is 1. The summed E-state index contributed by atoms with van der Waals surface area (Å²) in [4.78, 5) is 12.0. The summed E-state index contributed by atoms with van der Waals surface area (Å²) in [5, 5.41) is 38.7. The van der Waals surface area contributed by atoms with E-state index in [1.54, 1.807) is 17.5 Å². The number of carbonyl (C=O) groups excluding carboxylic acids is 1. The quantitative estimate of drug-likeness (QED) is 0.393. The molecule has 2 rings (SSSR count). The Labute approximate surface area is 146 Å². The van der Waals surface area contributed by atoms with Gasteiger partial charge in [0.2, 0.25) is 0 Å². The van der Waals surface area contributed by atoms with Crippen molar-refractivity contribution in [3.05, 3.63) is 76.3 Å². The normalized spacial score (nSPS) is 12.5. The summed E-state index contributed by atoms with van der Waals surface area (Å²) in [6.45, 7) is 3.77. The van der Waals surface area contributed by atoms with Gasteiger partial charge in [-0.3, -0.25) is 10.1 Å². The number of nitrogens with one attached hydrogen (secondary N) is 1. The maximum atomic E-state index is 12.0. The highest BCUT2D eigenvalue weighted by Crippen LogP contribution is 2.37. The van der Waals surface area contributed by atoms with Gasteiger partial charge in [0.25, 0.3) is 5.91 Å². The summed E-state index contributed by atoms with van der Waals surface area (Å²) < 4.78 is 0.489. The molecule has 1 amide bonds. The van der Waals surface area contributed by atoms with Gasteiger partial charge in [0.1, 0.15) is 5.75 Å². The molecule has 0 aliphatic heterocycles. The molecule has 126 valence electrons. The minimum Gasteiger partial charge on any atom is -0.507 e. The third-order valence-electron chi connectivity index (χ3n) is 3.36. The second-order valence-corrected chi connectivity index (χ2v) is 6.02. The van der Waals surface area contributed by atoms with Crippen LogP contribution in [0.25, 0.3) is 0 Å². The first-order chi connectivity index (χ1) is 11.2. The Morgan fingerprint density at radius 2 is 1.83 bits per heavy atom. The SMILES string of the molecule is C=CC(c1ccccc1)c1cc(Br)cc(C(=O)NC(O)(O)O)c1O. The molecule has 2 aromatic carbocycles. The average molecular weight is 394 g/mol. The van der Waals surface area contributed by atoms with Crippen LogP contribution in [0.2, 0.25) is 0 Å². The van der Waals surface area contributed by atoms with Crippen LogP contribution in [-0.4, -0.2) is 32.4 Å². The zero-order valence-electron chi connectivity index (χ0n) is 12.5. The molecule has 1 unspecified atom stereocenters. The number of amides is 1. The van der Waals surface area contributed by atoms with Crippen LogP contribution in [-0.2, 0) is 0 Å². The van der Waals surface area contributed by atoms with Crippen molar-refractivity contribution in [2.75, 3.05) is 0 Å². The number of phenols is 1. The van der Waals surface area contributed by atoms with Crippen LogP contribution >= 0.6 is 15.9 Å². The average Bonchev–Trinajstić information content (AvgIpc) is 2.50. The number of hydrogen-bond donors (Lipinski definition) is 5. The lowest BCUT2D eigenvalue weighted by Gasteiger charge is -2.19. The Bertz CT molecular complexity index is 756. The number of hydrogen-bond acceptors (Lipinski definition) is 5. The third-order valence-corrected chi connectivity index (χ3v) is 3.82. The van der Waals surface area contributed by atoms with Crippen molar-refractivity contribution in [2.45, 2.75) is 12.0 Å². The maximum Gasteiger partial charge on any atom is 0.369 e. The van der Waals surface area contributed by atoms with Crippen molar-refractivity contribution in [1.82, 2.24) is 5.32 Å². The highest BCUT2D eigenvalue weighted by molar-refractivity contribution is 9.10. The molecule has 0 bridgehead atoms. The smallest absolute Gasteiger partial charge is 0.369 e. The number of rotatable bonds is 5. The van der Waals surface area contributed by atoms with Crippen molar-refractivity contribution >= 4 is 21.8 Å². The molecular weight excluding hydrogens is 378 g/mol. The van der Waals surface area contributed by atoms with Crippen LogP contribution in [0.4, 0.5) is 0 Å². The standard InChI is InChI=1S/C17H16BrNO5/c1-2-12(10-6-4-3-5-7-10)13-8-11(18)9-14(15(13)20)16(21)19-17(22,23)24/h2-9,12,20,22-24H,1H2,(H,19,21). The molecule has 7 heteroatoms. The molecule has 0 saturated carbocycles. The summed E-state index contributed by atoms with van der Waals surface area (Å²) in [6, 6.07) is 12.2. The summed E-state index contributed by atoms with van der Waals surface area (Å²) in [7, 11) is 0. The molecule has 0 aliphatic rings. The van der Waals surface area contributed by atoms with Crippen molar-refractivity contribution in [1.29, 1.82) is 0 Å². The van der Waals surface area contributed by atoms with E-state index < -0.39 is 17.9 Å². The van der Waals surface area contributed by atoms with E-state index >= 15 is 0 Å². The molecule has 1 atom stereocenters. The first-order valence-electron chi connectivity index (χ1n) is 6.92. The molecule has 0 radical (unpaired) electrons. The first kappa shape index (κ1) is 18.2. The molecule has 5 N–H and O–H groups in total. The van der Waals surface area contributed by atoms with Crippen molar-refractivity contribution in [2.24, 2.45) is 0 Å². The second-order valence-electron chi connectivity index (χ2n) is 5.10. The van der Waals surface area contributed by atoms with E-state index in [9.17, 15) is 9.90 Å². The van der Waals surface area contributed by atoms with Crippen molar-refractivity contribution in [3.63, 3.8) is 0 Å². The van der Waals surface area contributed by atoms with E-state index in [4.69, 9.17) is 15.3 Å². The summed E-state index contributed by atoms with van der Waals surface area (Å²) in [6.07, 6.45) is -1.77. The monoisotopic (exact) mass is 393 g/mol. The molecule has 0 fully saturated rings. The molecule has 0 spiro atoms. The highest BCUT2D eigenvalue weighted by atomic mass is 79.9. The number of allylic oxidation sites excluding steroid dienone is 1. The number of aromatic hydroxyl groups is 1.